The Morgan fingerprint density at radius 2 is 1.25 bits per heavy atom. The van der Waals surface area contributed by atoms with Gasteiger partial charge in [0.05, 0.1) is 25.4 Å². The molecule has 15 heteroatoms. The molecular weight excluding hydrogens is 528 g/mol. The van der Waals surface area contributed by atoms with Crippen LogP contribution in [0.25, 0.3) is 0 Å². The number of aliphatic hydroxyl groups excluding tert-OH is 4. The highest BCUT2D eigenvalue weighted by Crippen LogP contribution is 2.27. The van der Waals surface area contributed by atoms with Crippen molar-refractivity contribution in [3.8, 4) is 0 Å². The summed E-state index contributed by atoms with van der Waals surface area (Å²) in [6.45, 7) is 5.29. The summed E-state index contributed by atoms with van der Waals surface area (Å²) in [5, 5.41) is 37.2. The van der Waals surface area contributed by atoms with Gasteiger partial charge in [-0.2, -0.15) is 9.97 Å². The van der Waals surface area contributed by atoms with Gasteiger partial charge in [0.15, 0.2) is 0 Å². The average Bonchev–Trinajstić information content (AvgIpc) is 3.66. The molecule has 40 heavy (non-hydrogen) atoms. The van der Waals surface area contributed by atoms with E-state index in [9.17, 15) is 14.4 Å². The molecule has 2 saturated heterocycles. The number of nitrogens with zero attached hydrogens (tertiary/aromatic N) is 4. The van der Waals surface area contributed by atoms with Gasteiger partial charge in [-0.25, -0.2) is 9.59 Å². The number of hydrogen-bond acceptors (Lipinski definition) is 12. The van der Waals surface area contributed by atoms with E-state index in [-0.39, 0.29) is 49.1 Å². The lowest BCUT2D eigenvalue weighted by Crippen LogP contribution is -2.28. The minimum absolute atomic E-state index is 0.00667. The summed E-state index contributed by atoms with van der Waals surface area (Å²) in [4.78, 5) is 41.8. The van der Waals surface area contributed by atoms with Crippen LogP contribution in [-0.2, 0) is 14.3 Å². The summed E-state index contributed by atoms with van der Waals surface area (Å²) in [7, 11) is 3.71. The van der Waals surface area contributed by atoms with Crippen LogP contribution in [0.4, 0.5) is 11.6 Å². The molecular formula is C25H44N6O9. The second-order valence-electron chi connectivity index (χ2n) is 7.88. The molecule has 0 saturated carbocycles. The lowest BCUT2D eigenvalue weighted by molar-refractivity contribution is -0.114. The molecule has 4 rings (SSSR count). The van der Waals surface area contributed by atoms with Gasteiger partial charge in [-0.05, 0) is 37.8 Å². The van der Waals surface area contributed by atoms with Crippen LogP contribution in [0.2, 0.25) is 0 Å². The lowest BCUT2D eigenvalue weighted by Gasteiger charge is -2.14. The zero-order chi connectivity index (χ0) is 30.7. The van der Waals surface area contributed by atoms with Crippen LogP contribution in [-0.4, -0.2) is 92.1 Å². The third-order valence-corrected chi connectivity index (χ3v) is 5.42. The van der Waals surface area contributed by atoms with E-state index < -0.39 is 11.9 Å². The Kier molecular flexibility index (Phi) is 19.0. The van der Waals surface area contributed by atoms with Crippen LogP contribution in [0.3, 0.4) is 0 Å². The molecule has 4 atom stereocenters. The number of carbonyl (C=O) groups is 1. The van der Waals surface area contributed by atoms with Crippen molar-refractivity contribution in [1.82, 2.24) is 19.1 Å². The van der Waals surface area contributed by atoms with Crippen LogP contribution in [0.5, 0.6) is 0 Å². The monoisotopic (exact) mass is 572 g/mol. The van der Waals surface area contributed by atoms with Crippen LogP contribution in [0.15, 0.2) is 34.1 Å². The van der Waals surface area contributed by atoms with E-state index in [4.69, 9.17) is 29.9 Å². The zero-order valence-corrected chi connectivity index (χ0v) is 24.0. The third kappa shape index (κ3) is 11.5. The van der Waals surface area contributed by atoms with Gasteiger partial charge in [-0.15, -0.1) is 0 Å². The molecule has 6 N–H and O–H groups in total. The van der Waals surface area contributed by atoms with Crippen molar-refractivity contribution in [2.75, 3.05) is 45.1 Å². The Bertz CT molecular complexity index is 1090. The number of anilines is 2. The molecule has 0 bridgehead atoms. The van der Waals surface area contributed by atoms with E-state index >= 15 is 0 Å². The summed E-state index contributed by atoms with van der Waals surface area (Å²) in [6, 6.07) is 3.26. The first-order chi connectivity index (χ1) is 19.3. The Labute approximate surface area is 233 Å². The fourth-order valence-corrected chi connectivity index (χ4v) is 3.70. The van der Waals surface area contributed by atoms with Crippen molar-refractivity contribution in [1.29, 1.82) is 0 Å². The Hall–Kier alpha value is -3.21. The summed E-state index contributed by atoms with van der Waals surface area (Å²) in [5.41, 5.74) is -0.819. The molecule has 0 aromatic carbocycles. The summed E-state index contributed by atoms with van der Waals surface area (Å²) in [6.07, 6.45) is 4.96. The highest BCUT2D eigenvalue weighted by atomic mass is 16.5. The molecule has 2 fully saturated rings. The Morgan fingerprint density at radius 3 is 1.57 bits per heavy atom. The Balaban J connectivity index is 0.000000644. The maximum Gasteiger partial charge on any atom is 0.351 e. The standard InChI is InChI=1S/C11H15N3O4.C10H15N3O3.C2H6.2CH4O/c1-7(16)12-9-4-5-14(11(17)13-9)10-3-2-8(6-15)18-10;1-11-8-4-5-13(10(15)12-8)9-3-2-7(6-14)16-9;3*1-2/h4-5,8,10,15H,2-3,6H2,1H3,(H,12,13,16,17);4-5,7,9,14H,2-3,6H2,1H3,(H,11,12,15);1-2H3;2*2H,1H3/t;7-,9+;;;/m.0.../s1. The molecule has 2 aromatic heterocycles. The van der Waals surface area contributed by atoms with Crippen LogP contribution in [0, 0.1) is 0 Å². The molecule has 2 aliphatic rings. The van der Waals surface area contributed by atoms with Crippen molar-refractivity contribution in [2.45, 2.75) is 71.1 Å². The first-order valence-corrected chi connectivity index (χ1v) is 12.9. The predicted molar refractivity (Wildman–Crippen MR) is 149 cm³/mol. The third-order valence-electron chi connectivity index (χ3n) is 5.42. The largest absolute Gasteiger partial charge is 0.400 e. The average molecular weight is 573 g/mol. The van der Waals surface area contributed by atoms with Gasteiger partial charge in [0.1, 0.15) is 24.1 Å². The van der Waals surface area contributed by atoms with E-state index in [0.29, 0.717) is 18.7 Å². The van der Waals surface area contributed by atoms with Gasteiger partial charge in [0, 0.05) is 40.6 Å². The van der Waals surface area contributed by atoms with Crippen LogP contribution >= 0.6 is 0 Å². The van der Waals surface area contributed by atoms with E-state index in [1.165, 1.54) is 22.3 Å². The number of aliphatic hydroxyl groups is 4. The quantitative estimate of drug-likeness (QED) is 0.272. The second-order valence-corrected chi connectivity index (χ2v) is 7.88. The van der Waals surface area contributed by atoms with Gasteiger partial charge in [-0.1, -0.05) is 13.8 Å². The summed E-state index contributed by atoms with van der Waals surface area (Å²) in [5.74, 6) is 0.482. The van der Waals surface area contributed by atoms with Gasteiger partial charge in [0.2, 0.25) is 5.91 Å². The number of aromatic nitrogens is 4. The lowest BCUT2D eigenvalue weighted by atomic mass is 10.2. The maximum absolute atomic E-state index is 11.8. The number of hydrogen-bond donors (Lipinski definition) is 6. The van der Waals surface area contributed by atoms with Crippen molar-refractivity contribution in [2.24, 2.45) is 0 Å². The molecule has 2 unspecified atom stereocenters. The first kappa shape index (κ1) is 36.8. The molecule has 4 heterocycles. The molecule has 2 aliphatic heterocycles. The molecule has 1 amide bonds. The minimum atomic E-state index is -0.482. The number of carbonyl (C=O) groups excluding carboxylic acids is 1. The normalized spacial score (nSPS) is 20.6. The van der Waals surface area contributed by atoms with E-state index in [1.807, 2.05) is 13.8 Å². The molecule has 228 valence electrons. The molecule has 0 radical (unpaired) electrons. The van der Waals surface area contributed by atoms with E-state index in [2.05, 4.69) is 20.6 Å². The Morgan fingerprint density at radius 1 is 0.850 bits per heavy atom. The fraction of sp³-hybridized carbons (Fsp3) is 0.640. The zero-order valence-electron chi connectivity index (χ0n) is 24.0. The van der Waals surface area contributed by atoms with Crippen LogP contribution in [0.1, 0.15) is 58.9 Å². The van der Waals surface area contributed by atoms with E-state index in [1.54, 1.807) is 25.4 Å². The molecule has 2 aromatic rings. The number of amides is 1. The minimum Gasteiger partial charge on any atom is -0.400 e. The van der Waals surface area contributed by atoms with Gasteiger partial charge < -0.3 is 40.5 Å². The van der Waals surface area contributed by atoms with Gasteiger partial charge >= 0.3 is 11.4 Å². The summed E-state index contributed by atoms with van der Waals surface area (Å²) < 4.78 is 13.8. The highest BCUT2D eigenvalue weighted by Gasteiger charge is 2.27. The first-order valence-electron chi connectivity index (χ1n) is 12.9. The van der Waals surface area contributed by atoms with Crippen LogP contribution < -0.4 is 22.0 Å². The molecule has 0 aliphatic carbocycles. The highest BCUT2D eigenvalue weighted by molar-refractivity contribution is 5.87. The fourth-order valence-electron chi connectivity index (χ4n) is 3.70. The molecule has 0 spiro atoms. The molecule has 15 nitrogen and oxygen atoms in total. The van der Waals surface area contributed by atoms with Crippen molar-refractivity contribution in [3.05, 3.63) is 45.5 Å². The SMILES string of the molecule is CC.CC(=O)Nc1ccn(C2CCC(CO)O2)c(=O)n1.CNc1ccn([C@H]2CC[C@@H](CO)O2)c(=O)n1.CO.CO. The smallest absolute Gasteiger partial charge is 0.351 e. The van der Waals surface area contributed by atoms with E-state index in [0.717, 1.165) is 27.1 Å². The van der Waals surface area contributed by atoms with Gasteiger partial charge in [-0.3, -0.25) is 13.9 Å². The topological polar surface area (TPSA) is 210 Å². The number of nitrogens with one attached hydrogen (secondary N) is 2. The maximum atomic E-state index is 11.8. The predicted octanol–water partition coefficient (Wildman–Crippen LogP) is 0.0697. The van der Waals surface area contributed by atoms with Gasteiger partial charge in [0.25, 0.3) is 0 Å². The second kappa shape index (κ2) is 20.7. The number of rotatable bonds is 6. The number of ether oxygens (including phenoxy) is 2. The van der Waals surface area contributed by atoms with Crippen molar-refractivity contribution < 1.29 is 34.7 Å². The van der Waals surface area contributed by atoms with Crippen molar-refractivity contribution in [3.63, 3.8) is 0 Å². The summed E-state index contributed by atoms with van der Waals surface area (Å²) >= 11 is 0. The van der Waals surface area contributed by atoms with Crippen molar-refractivity contribution >= 4 is 17.5 Å².